The zero-order valence-electron chi connectivity index (χ0n) is 5.86. The van der Waals surface area contributed by atoms with Gasteiger partial charge < -0.3 is 5.32 Å². The first-order valence-corrected chi connectivity index (χ1v) is 3.85. The second-order valence-corrected chi connectivity index (χ2v) is 2.88. The summed E-state index contributed by atoms with van der Waals surface area (Å²) < 4.78 is 34.3. The molecule has 0 saturated carbocycles. The van der Waals surface area contributed by atoms with Gasteiger partial charge in [0.05, 0.1) is 0 Å². The third-order valence-electron chi connectivity index (χ3n) is 0.874. The number of carbonyl (C=O) groups is 1. The van der Waals surface area contributed by atoms with E-state index in [2.05, 4.69) is 5.32 Å². The Kier molecular flexibility index (Phi) is 4.32. The van der Waals surface area contributed by atoms with Gasteiger partial charge in [-0.2, -0.15) is 13.2 Å². The van der Waals surface area contributed by atoms with Gasteiger partial charge in [-0.1, -0.05) is 11.8 Å². The van der Waals surface area contributed by atoms with Crippen LogP contribution in [0.4, 0.5) is 13.2 Å². The van der Waals surface area contributed by atoms with E-state index >= 15 is 0 Å². The quantitative estimate of drug-likeness (QED) is 0.723. The van der Waals surface area contributed by atoms with Crippen molar-refractivity contribution in [3.05, 3.63) is 0 Å². The average Bonchev–Trinajstić information content (AvgIpc) is 1.85. The zero-order chi connectivity index (χ0) is 8.91. The summed E-state index contributed by atoms with van der Waals surface area (Å²) >= 11 is -0.184. The second-order valence-electron chi connectivity index (χ2n) is 1.72. The molecule has 0 bridgehead atoms. The van der Waals surface area contributed by atoms with E-state index in [4.69, 9.17) is 0 Å². The molecule has 0 aromatic carbocycles. The van der Waals surface area contributed by atoms with E-state index in [1.165, 1.54) is 7.05 Å². The Balaban J connectivity index is 3.35. The van der Waals surface area contributed by atoms with Crippen molar-refractivity contribution < 1.29 is 18.0 Å². The molecule has 11 heavy (non-hydrogen) atoms. The smallest absolute Gasteiger partial charge is 0.359 e. The Hall–Kier alpha value is -0.390. The number of carbonyl (C=O) groups excluding carboxylic acids is 1. The third-order valence-corrected chi connectivity index (χ3v) is 1.61. The maximum absolute atomic E-state index is 11.4. The maximum atomic E-state index is 11.4. The number of hydrogen-bond donors (Lipinski definition) is 1. The largest absolute Gasteiger partial charge is 0.441 e. The number of hydrogen-bond acceptors (Lipinski definition) is 2. The minimum absolute atomic E-state index is 0.0966. The number of thioether (sulfide) groups is 1. The van der Waals surface area contributed by atoms with Crippen LogP contribution < -0.4 is 5.32 Å². The van der Waals surface area contributed by atoms with Crippen molar-refractivity contribution in [2.24, 2.45) is 0 Å². The van der Waals surface area contributed by atoms with E-state index in [0.717, 1.165) is 0 Å². The van der Waals surface area contributed by atoms with Crippen LogP contribution in [0.2, 0.25) is 0 Å². The zero-order valence-corrected chi connectivity index (χ0v) is 6.68. The molecule has 0 spiro atoms. The van der Waals surface area contributed by atoms with E-state index in [1.807, 2.05) is 0 Å². The average molecular weight is 187 g/mol. The lowest BCUT2D eigenvalue weighted by Crippen LogP contribution is -2.18. The van der Waals surface area contributed by atoms with Crippen LogP contribution in [-0.2, 0) is 4.79 Å². The monoisotopic (exact) mass is 187 g/mol. The van der Waals surface area contributed by atoms with Gasteiger partial charge in [0.1, 0.15) is 0 Å². The lowest BCUT2D eigenvalue weighted by Gasteiger charge is -2.03. The highest BCUT2D eigenvalue weighted by Gasteiger charge is 2.27. The molecule has 0 aliphatic heterocycles. The number of rotatable bonds is 3. The molecule has 6 heteroatoms. The van der Waals surface area contributed by atoms with Crippen LogP contribution in [0.3, 0.4) is 0 Å². The lowest BCUT2D eigenvalue weighted by atomic mass is 10.5. The molecule has 0 heterocycles. The van der Waals surface area contributed by atoms with Gasteiger partial charge in [-0.15, -0.1) is 0 Å². The summed E-state index contributed by atoms with van der Waals surface area (Å²) in [5.74, 6) is -0.592. The van der Waals surface area contributed by atoms with Gasteiger partial charge in [-0.05, 0) is 0 Å². The predicted octanol–water partition coefficient (Wildman–Crippen LogP) is 1.38. The first-order valence-electron chi connectivity index (χ1n) is 2.87. The molecule has 66 valence electrons. The standard InChI is InChI=1S/C5H8F3NOS/c1-9-4(10)2-3-11-5(6,7)8/h2-3H2,1H3,(H,9,10). The van der Waals surface area contributed by atoms with Crippen molar-refractivity contribution in [1.82, 2.24) is 5.32 Å². The molecule has 1 N–H and O–H groups in total. The summed E-state index contributed by atoms with van der Waals surface area (Å²) in [5, 5.41) is 2.23. The number of halogens is 3. The molecule has 0 aromatic rings. The van der Waals surface area contributed by atoms with E-state index < -0.39 is 5.51 Å². The van der Waals surface area contributed by atoms with Crippen LogP contribution in [0.15, 0.2) is 0 Å². The Bertz CT molecular complexity index is 136. The maximum Gasteiger partial charge on any atom is 0.441 e. The summed E-state index contributed by atoms with van der Waals surface area (Å²) in [6.07, 6.45) is -0.0966. The van der Waals surface area contributed by atoms with Crippen LogP contribution >= 0.6 is 11.8 Å². The molecular weight excluding hydrogens is 179 g/mol. The fourth-order valence-electron chi connectivity index (χ4n) is 0.384. The second kappa shape index (κ2) is 4.48. The van der Waals surface area contributed by atoms with Gasteiger partial charge in [0.2, 0.25) is 5.91 Å². The van der Waals surface area contributed by atoms with Gasteiger partial charge in [-0.25, -0.2) is 0 Å². The molecule has 0 atom stereocenters. The van der Waals surface area contributed by atoms with Crippen molar-refractivity contribution >= 4 is 17.7 Å². The van der Waals surface area contributed by atoms with Gasteiger partial charge in [0.15, 0.2) is 0 Å². The fourth-order valence-corrected chi connectivity index (χ4v) is 0.903. The van der Waals surface area contributed by atoms with Crippen LogP contribution in [0.1, 0.15) is 6.42 Å². The summed E-state index contributed by atoms with van der Waals surface area (Å²) in [4.78, 5) is 10.4. The minimum atomic E-state index is -4.23. The molecule has 0 fully saturated rings. The Morgan fingerprint density at radius 1 is 1.55 bits per heavy atom. The van der Waals surface area contributed by atoms with E-state index in [-0.39, 0.29) is 29.8 Å². The van der Waals surface area contributed by atoms with Crippen molar-refractivity contribution in [3.8, 4) is 0 Å². The molecule has 0 radical (unpaired) electrons. The van der Waals surface area contributed by atoms with E-state index in [0.29, 0.717) is 0 Å². The predicted molar refractivity (Wildman–Crippen MR) is 37.2 cm³/mol. The molecule has 2 nitrogen and oxygen atoms in total. The van der Waals surface area contributed by atoms with Crippen molar-refractivity contribution in [1.29, 1.82) is 0 Å². The minimum Gasteiger partial charge on any atom is -0.359 e. The number of nitrogens with one attached hydrogen (secondary N) is 1. The summed E-state index contributed by atoms with van der Waals surface area (Å²) in [7, 11) is 1.39. The van der Waals surface area contributed by atoms with Gasteiger partial charge in [0.25, 0.3) is 0 Å². The fraction of sp³-hybridized carbons (Fsp3) is 0.800. The lowest BCUT2D eigenvalue weighted by molar-refractivity contribution is -0.120. The van der Waals surface area contributed by atoms with Gasteiger partial charge >= 0.3 is 5.51 Å². The van der Waals surface area contributed by atoms with Crippen LogP contribution in [-0.4, -0.2) is 24.2 Å². The highest BCUT2D eigenvalue weighted by molar-refractivity contribution is 8.00. The Morgan fingerprint density at radius 3 is 2.45 bits per heavy atom. The third kappa shape index (κ3) is 7.51. The molecular formula is C5H8F3NOS. The highest BCUT2D eigenvalue weighted by atomic mass is 32.2. The SMILES string of the molecule is CNC(=O)CCSC(F)(F)F. The number of alkyl halides is 3. The summed E-state index contributed by atoms with van der Waals surface area (Å²) in [5.41, 5.74) is -4.23. The highest BCUT2D eigenvalue weighted by Crippen LogP contribution is 2.30. The molecule has 1 amide bonds. The van der Waals surface area contributed by atoms with Crippen molar-refractivity contribution in [2.75, 3.05) is 12.8 Å². The van der Waals surface area contributed by atoms with Crippen molar-refractivity contribution in [3.63, 3.8) is 0 Å². The molecule has 0 rings (SSSR count). The molecule has 0 aliphatic rings. The summed E-state index contributed by atoms with van der Waals surface area (Å²) in [6, 6.07) is 0. The summed E-state index contributed by atoms with van der Waals surface area (Å²) in [6.45, 7) is 0. The normalized spacial score (nSPS) is 11.3. The van der Waals surface area contributed by atoms with Crippen LogP contribution in [0.25, 0.3) is 0 Å². The van der Waals surface area contributed by atoms with Crippen LogP contribution in [0, 0.1) is 0 Å². The Labute approximate surface area is 66.5 Å². The molecule has 0 aliphatic carbocycles. The molecule has 0 unspecified atom stereocenters. The molecule has 0 saturated heterocycles. The Morgan fingerprint density at radius 2 is 2.09 bits per heavy atom. The topological polar surface area (TPSA) is 29.1 Å². The number of amides is 1. The van der Waals surface area contributed by atoms with Gasteiger partial charge in [-0.3, -0.25) is 4.79 Å². The first-order chi connectivity index (χ1) is 4.95. The van der Waals surface area contributed by atoms with Gasteiger partial charge in [0, 0.05) is 19.2 Å². The van der Waals surface area contributed by atoms with E-state index in [1.54, 1.807) is 0 Å². The first kappa shape index (κ1) is 10.6. The van der Waals surface area contributed by atoms with Crippen molar-refractivity contribution in [2.45, 2.75) is 11.9 Å². The van der Waals surface area contributed by atoms with Crippen LogP contribution in [0.5, 0.6) is 0 Å². The van der Waals surface area contributed by atoms with E-state index in [9.17, 15) is 18.0 Å². The molecule has 0 aromatic heterocycles.